The number of likely N-dealkylation sites (N-methyl/N-ethyl adjacent to an activating group) is 2. The zero-order chi connectivity index (χ0) is 13.7. The molecule has 0 bridgehead atoms. The highest BCUT2D eigenvalue weighted by Gasteiger charge is 2.31. The van der Waals surface area contributed by atoms with Gasteiger partial charge in [-0.3, -0.25) is 0 Å². The smallest absolute Gasteiger partial charge is 0.0373 e. The molecule has 3 nitrogen and oxygen atoms in total. The molecule has 19 heavy (non-hydrogen) atoms. The Morgan fingerprint density at radius 1 is 1.16 bits per heavy atom. The maximum atomic E-state index is 3.85. The fraction of sp³-hybridized carbons (Fsp3) is 1.00. The summed E-state index contributed by atoms with van der Waals surface area (Å²) in [5.41, 5.74) is 0. The molecule has 2 atom stereocenters. The fourth-order valence-electron chi connectivity index (χ4n) is 3.53. The first kappa shape index (κ1) is 15.3. The molecule has 2 fully saturated rings. The summed E-state index contributed by atoms with van der Waals surface area (Å²) in [7, 11) is 4.61. The molecule has 112 valence electrons. The number of nitrogens with one attached hydrogen (secondary N) is 1. The molecule has 0 aromatic rings. The molecule has 1 saturated carbocycles. The van der Waals surface area contributed by atoms with Gasteiger partial charge in [0.15, 0.2) is 0 Å². The number of rotatable bonds is 6. The minimum Gasteiger partial charge on any atom is -0.312 e. The maximum Gasteiger partial charge on any atom is 0.0373 e. The molecule has 2 aliphatic rings. The van der Waals surface area contributed by atoms with Gasteiger partial charge in [-0.1, -0.05) is 26.2 Å². The Bertz CT molecular complexity index is 252. The fourth-order valence-corrected chi connectivity index (χ4v) is 3.53. The lowest BCUT2D eigenvalue weighted by Crippen LogP contribution is -2.53. The van der Waals surface area contributed by atoms with Crippen molar-refractivity contribution in [3.8, 4) is 0 Å². The molecule has 1 aliphatic carbocycles. The van der Waals surface area contributed by atoms with Crippen molar-refractivity contribution in [2.45, 2.75) is 57.5 Å². The van der Waals surface area contributed by atoms with E-state index in [1.54, 1.807) is 0 Å². The lowest BCUT2D eigenvalue weighted by Gasteiger charge is -2.39. The summed E-state index contributed by atoms with van der Waals surface area (Å²) in [6.07, 6.45) is 8.35. The van der Waals surface area contributed by atoms with E-state index in [-0.39, 0.29) is 0 Å². The molecule has 1 aliphatic heterocycles. The van der Waals surface area contributed by atoms with E-state index in [1.165, 1.54) is 64.7 Å². The van der Waals surface area contributed by atoms with Gasteiger partial charge in [-0.15, -0.1) is 0 Å². The van der Waals surface area contributed by atoms with Gasteiger partial charge in [-0.2, -0.15) is 0 Å². The third-order valence-corrected chi connectivity index (χ3v) is 5.05. The third kappa shape index (κ3) is 4.44. The van der Waals surface area contributed by atoms with Crippen molar-refractivity contribution in [1.82, 2.24) is 15.1 Å². The summed E-state index contributed by atoms with van der Waals surface area (Å²) in [5, 5.41) is 3.85. The van der Waals surface area contributed by atoms with Gasteiger partial charge in [0, 0.05) is 18.6 Å². The molecule has 0 aromatic carbocycles. The summed E-state index contributed by atoms with van der Waals surface area (Å²) in [5.74, 6) is 0.997. The first-order valence-electron chi connectivity index (χ1n) is 8.33. The van der Waals surface area contributed by atoms with Crippen LogP contribution in [0.1, 0.15) is 45.4 Å². The van der Waals surface area contributed by atoms with Gasteiger partial charge in [0.1, 0.15) is 0 Å². The highest BCUT2D eigenvalue weighted by atomic mass is 15.2. The monoisotopic (exact) mass is 267 g/mol. The minimum absolute atomic E-state index is 0.691. The minimum atomic E-state index is 0.691. The first-order chi connectivity index (χ1) is 9.20. The van der Waals surface area contributed by atoms with Crippen molar-refractivity contribution in [3.05, 3.63) is 0 Å². The number of nitrogens with zero attached hydrogens (tertiary/aromatic N) is 2. The Hall–Kier alpha value is -0.120. The zero-order valence-corrected chi connectivity index (χ0v) is 13.2. The molecule has 0 amide bonds. The van der Waals surface area contributed by atoms with Crippen LogP contribution in [0.2, 0.25) is 0 Å². The van der Waals surface area contributed by atoms with Gasteiger partial charge in [-0.05, 0) is 58.9 Å². The molecule has 2 unspecified atom stereocenters. The molecule has 3 heteroatoms. The van der Waals surface area contributed by atoms with Gasteiger partial charge >= 0.3 is 0 Å². The largest absolute Gasteiger partial charge is 0.312 e. The lowest BCUT2D eigenvalue weighted by atomic mass is 9.79. The van der Waals surface area contributed by atoms with E-state index in [9.17, 15) is 0 Å². The highest BCUT2D eigenvalue weighted by molar-refractivity contribution is 4.90. The summed E-state index contributed by atoms with van der Waals surface area (Å²) in [6, 6.07) is 1.38. The number of hydrogen-bond acceptors (Lipinski definition) is 3. The van der Waals surface area contributed by atoms with Gasteiger partial charge in [-0.25, -0.2) is 0 Å². The van der Waals surface area contributed by atoms with Gasteiger partial charge in [0.2, 0.25) is 0 Å². The van der Waals surface area contributed by atoms with Crippen molar-refractivity contribution in [2.24, 2.45) is 5.92 Å². The predicted octanol–water partition coefficient (Wildman–Crippen LogP) is 2.18. The van der Waals surface area contributed by atoms with Crippen molar-refractivity contribution in [1.29, 1.82) is 0 Å². The molecule has 1 N–H and O–H groups in total. The van der Waals surface area contributed by atoms with E-state index >= 15 is 0 Å². The Balaban J connectivity index is 1.95. The van der Waals surface area contributed by atoms with E-state index < -0.39 is 0 Å². The van der Waals surface area contributed by atoms with Crippen molar-refractivity contribution in [2.75, 3.05) is 40.3 Å². The zero-order valence-electron chi connectivity index (χ0n) is 13.2. The molecule has 1 heterocycles. The van der Waals surface area contributed by atoms with Crippen LogP contribution in [0.5, 0.6) is 0 Å². The Morgan fingerprint density at radius 3 is 2.58 bits per heavy atom. The predicted molar refractivity (Wildman–Crippen MR) is 82.6 cm³/mol. The van der Waals surface area contributed by atoms with Crippen LogP contribution < -0.4 is 5.32 Å². The van der Waals surface area contributed by atoms with Crippen LogP contribution in [0, 0.1) is 5.92 Å². The van der Waals surface area contributed by atoms with Crippen molar-refractivity contribution >= 4 is 0 Å². The SMILES string of the molecule is CCCNC(CC1CCC1)C1CN(C)CCCN1C. The third-order valence-electron chi connectivity index (χ3n) is 5.05. The highest BCUT2D eigenvalue weighted by Crippen LogP contribution is 2.32. The normalized spacial score (nSPS) is 28.9. The lowest BCUT2D eigenvalue weighted by molar-refractivity contribution is 0.145. The van der Waals surface area contributed by atoms with Crippen LogP contribution in [0.15, 0.2) is 0 Å². The molecule has 0 spiro atoms. The van der Waals surface area contributed by atoms with E-state index in [1.807, 2.05) is 0 Å². The van der Waals surface area contributed by atoms with Crippen molar-refractivity contribution < 1.29 is 0 Å². The Morgan fingerprint density at radius 2 is 1.95 bits per heavy atom. The molecule has 0 radical (unpaired) electrons. The molecule has 0 aromatic heterocycles. The van der Waals surface area contributed by atoms with E-state index in [0.29, 0.717) is 12.1 Å². The average Bonchev–Trinajstić information content (AvgIpc) is 2.49. The average molecular weight is 267 g/mol. The van der Waals surface area contributed by atoms with Crippen LogP contribution in [-0.2, 0) is 0 Å². The molecular formula is C16H33N3. The quantitative estimate of drug-likeness (QED) is 0.796. The topological polar surface area (TPSA) is 18.5 Å². The molecular weight excluding hydrogens is 234 g/mol. The second-order valence-electron chi connectivity index (χ2n) is 6.76. The standard InChI is InChI=1S/C16H33N3/c1-4-9-17-15(12-14-7-5-8-14)16-13-18(2)10-6-11-19(16)3/h14-17H,4-13H2,1-3H3. The summed E-state index contributed by atoms with van der Waals surface area (Å²) < 4.78 is 0. The van der Waals surface area contributed by atoms with Crippen molar-refractivity contribution in [3.63, 3.8) is 0 Å². The molecule has 1 saturated heterocycles. The first-order valence-corrected chi connectivity index (χ1v) is 8.33. The second-order valence-corrected chi connectivity index (χ2v) is 6.76. The van der Waals surface area contributed by atoms with Crippen LogP contribution in [0.3, 0.4) is 0 Å². The Labute approximate surface area is 119 Å². The van der Waals surface area contributed by atoms with Gasteiger partial charge < -0.3 is 15.1 Å². The summed E-state index contributed by atoms with van der Waals surface area (Å²) >= 11 is 0. The second kappa shape index (κ2) is 7.61. The van der Waals surface area contributed by atoms with E-state index in [4.69, 9.17) is 0 Å². The van der Waals surface area contributed by atoms with E-state index in [0.717, 1.165) is 5.92 Å². The van der Waals surface area contributed by atoms with Crippen LogP contribution in [-0.4, -0.2) is 62.2 Å². The summed E-state index contributed by atoms with van der Waals surface area (Å²) in [6.45, 7) is 7.18. The van der Waals surface area contributed by atoms with E-state index in [2.05, 4.69) is 36.1 Å². The van der Waals surface area contributed by atoms with Gasteiger partial charge in [0.05, 0.1) is 0 Å². The summed E-state index contributed by atoms with van der Waals surface area (Å²) in [4.78, 5) is 5.13. The Kier molecular flexibility index (Phi) is 6.11. The van der Waals surface area contributed by atoms with Crippen LogP contribution in [0.4, 0.5) is 0 Å². The number of hydrogen-bond donors (Lipinski definition) is 1. The van der Waals surface area contributed by atoms with Crippen LogP contribution in [0.25, 0.3) is 0 Å². The molecule has 2 rings (SSSR count). The maximum absolute atomic E-state index is 3.85. The van der Waals surface area contributed by atoms with Crippen LogP contribution >= 0.6 is 0 Å². The van der Waals surface area contributed by atoms with Gasteiger partial charge in [0.25, 0.3) is 0 Å².